The first kappa shape index (κ1) is 30.9. The monoisotopic (exact) mass is 569 g/mol. The molecule has 0 saturated heterocycles. The van der Waals surface area contributed by atoms with E-state index in [1.165, 1.54) is 9.21 Å². The average molecular weight is 571 g/mol. The Labute approximate surface area is 231 Å². The molecule has 0 spiro atoms. The molecule has 0 fully saturated rings. The Balaban J connectivity index is 2.21. The number of sulfonamides is 1. The van der Waals surface area contributed by atoms with Gasteiger partial charge in [-0.1, -0.05) is 48.7 Å². The van der Waals surface area contributed by atoms with Crippen LogP contribution in [0.25, 0.3) is 0 Å². The van der Waals surface area contributed by atoms with E-state index in [4.69, 9.17) is 23.2 Å². The van der Waals surface area contributed by atoms with Gasteiger partial charge in [0.15, 0.2) is 0 Å². The number of carbonyl (C=O) groups excluding carboxylic acids is 2. The van der Waals surface area contributed by atoms with Gasteiger partial charge in [-0.3, -0.25) is 13.9 Å². The van der Waals surface area contributed by atoms with Crippen molar-refractivity contribution in [2.24, 2.45) is 0 Å². The molecule has 2 rings (SSSR count). The molecular weight excluding hydrogens is 533 g/mol. The number of carbonyl (C=O) groups is 2. The number of benzene rings is 2. The van der Waals surface area contributed by atoms with E-state index in [0.29, 0.717) is 27.8 Å². The van der Waals surface area contributed by atoms with Crippen molar-refractivity contribution in [3.05, 3.63) is 63.1 Å². The number of nitrogens with one attached hydrogen (secondary N) is 1. The predicted molar refractivity (Wildman–Crippen MR) is 152 cm³/mol. The van der Waals surface area contributed by atoms with Crippen LogP contribution < -0.4 is 9.62 Å². The first-order chi connectivity index (χ1) is 17.3. The number of unbranched alkanes of at least 4 members (excludes halogenated alkanes) is 1. The normalized spacial score (nSPS) is 12.2. The minimum Gasteiger partial charge on any atom is -0.354 e. The second kappa shape index (κ2) is 14.0. The van der Waals surface area contributed by atoms with Gasteiger partial charge in [0.05, 0.1) is 11.9 Å². The van der Waals surface area contributed by atoms with Crippen molar-refractivity contribution in [3.8, 4) is 0 Å². The van der Waals surface area contributed by atoms with Gasteiger partial charge in [-0.25, -0.2) is 8.42 Å². The van der Waals surface area contributed by atoms with Crippen LogP contribution in [0.5, 0.6) is 0 Å². The highest BCUT2D eigenvalue weighted by Crippen LogP contribution is 2.25. The molecule has 0 unspecified atom stereocenters. The molecule has 1 atom stereocenters. The van der Waals surface area contributed by atoms with E-state index in [1.807, 2.05) is 39.0 Å². The molecule has 2 aromatic carbocycles. The molecule has 37 heavy (non-hydrogen) atoms. The molecule has 7 nitrogen and oxygen atoms in total. The quantitative estimate of drug-likeness (QED) is 0.323. The molecule has 2 aromatic rings. The molecule has 0 aliphatic heterocycles. The molecular formula is C27H37Cl2N3O4S. The maximum Gasteiger partial charge on any atom is 0.242 e. The van der Waals surface area contributed by atoms with Crippen molar-refractivity contribution < 1.29 is 18.0 Å². The van der Waals surface area contributed by atoms with Gasteiger partial charge in [-0.2, -0.15) is 0 Å². The Kier molecular flexibility index (Phi) is 11.7. The largest absolute Gasteiger partial charge is 0.354 e. The zero-order valence-electron chi connectivity index (χ0n) is 22.2. The van der Waals surface area contributed by atoms with Gasteiger partial charge in [0, 0.05) is 36.1 Å². The number of anilines is 1. The standard InChI is InChI=1S/C27H37Cl2N3O4S/c1-6-7-12-30-27(34)21(4)31(18-22-10-11-23(28)17-25(22)29)26(33)9-8-13-32(37(5,35)36)24-15-19(2)14-20(3)16-24/h10-11,14-17,21H,6-9,12-13,18H2,1-5H3,(H,30,34)/t21-/m1/s1. The topological polar surface area (TPSA) is 86.8 Å². The van der Waals surface area contributed by atoms with Gasteiger partial charge in [-0.15, -0.1) is 0 Å². The zero-order valence-corrected chi connectivity index (χ0v) is 24.5. The van der Waals surface area contributed by atoms with E-state index in [0.717, 1.165) is 30.2 Å². The Morgan fingerprint density at radius 3 is 2.24 bits per heavy atom. The van der Waals surface area contributed by atoms with Gasteiger partial charge in [0.25, 0.3) is 0 Å². The number of amides is 2. The van der Waals surface area contributed by atoms with Crippen LogP contribution in [0.4, 0.5) is 5.69 Å². The highest BCUT2D eigenvalue weighted by molar-refractivity contribution is 7.92. The van der Waals surface area contributed by atoms with Gasteiger partial charge >= 0.3 is 0 Å². The van der Waals surface area contributed by atoms with Gasteiger partial charge in [0.1, 0.15) is 6.04 Å². The second-order valence-corrected chi connectivity index (χ2v) is 12.1. The lowest BCUT2D eigenvalue weighted by Crippen LogP contribution is -2.48. The summed E-state index contributed by atoms with van der Waals surface area (Å²) < 4.78 is 26.4. The maximum absolute atomic E-state index is 13.4. The van der Waals surface area contributed by atoms with Crippen molar-refractivity contribution in [2.45, 2.75) is 66.0 Å². The number of halogens is 2. The molecule has 10 heteroatoms. The van der Waals surface area contributed by atoms with Crippen LogP contribution in [0, 0.1) is 13.8 Å². The van der Waals surface area contributed by atoms with E-state index in [-0.39, 0.29) is 37.7 Å². The molecule has 0 radical (unpaired) electrons. The summed E-state index contributed by atoms with van der Waals surface area (Å²) in [7, 11) is -3.56. The van der Waals surface area contributed by atoms with E-state index in [9.17, 15) is 18.0 Å². The molecule has 0 saturated carbocycles. The van der Waals surface area contributed by atoms with Crippen molar-refractivity contribution in [2.75, 3.05) is 23.7 Å². The van der Waals surface area contributed by atoms with Crippen LogP contribution in [-0.4, -0.2) is 50.5 Å². The molecule has 1 N–H and O–H groups in total. The Bertz CT molecular complexity index is 1180. The predicted octanol–water partition coefficient (Wildman–Crippen LogP) is 5.49. The third kappa shape index (κ3) is 9.51. The number of hydrogen-bond donors (Lipinski definition) is 1. The summed E-state index contributed by atoms with van der Waals surface area (Å²) in [5.41, 5.74) is 3.14. The summed E-state index contributed by atoms with van der Waals surface area (Å²) in [6.45, 7) is 8.33. The minimum absolute atomic E-state index is 0.0641. The Hall–Kier alpha value is -2.29. The number of aryl methyl sites for hydroxylation is 2. The SMILES string of the molecule is CCCCNC(=O)[C@@H](C)N(Cc1ccc(Cl)cc1Cl)C(=O)CCCN(c1cc(C)cc(C)c1)S(C)(=O)=O. The van der Waals surface area contributed by atoms with Crippen LogP contribution >= 0.6 is 23.2 Å². The van der Waals surface area contributed by atoms with E-state index >= 15 is 0 Å². The van der Waals surface area contributed by atoms with Crippen LogP contribution in [-0.2, 0) is 26.2 Å². The van der Waals surface area contributed by atoms with Crippen LogP contribution in [0.1, 0.15) is 56.2 Å². The smallest absolute Gasteiger partial charge is 0.242 e. The van der Waals surface area contributed by atoms with Crippen LogP contribution in [0.2, 0.25) is 10.0 Å². The lowest BCUT2D eigenvalue weighted by atomic mass is 10.1. The summed E-state index contributed by atoms with van der Waals surface area (Å²) in [5.74, 6) is -0.516. The number of rotatable bonds is 13. The first-order valence-corrected chi connectivity index (χ1v) is 15.0. The van der Waals surface area contributed by atoms with Gasteiger partial charge in [0.2, 0.25) is 21.8 Å². The van der Waals surface area contributed by atoms with E-state index < -0.39 is 16.1 Å². The minimum atomic E-state index is -3.56. The van der Waals surface area contributed by atoms with Crippen molar-refractivity contribution in [3.63, 3.8) is 0 Å². The van der Waals surface area contributed by atoms with Crippen molar-refractivity contribution >= 4 is 50.7 Å². The third-order valence-corrected chi connectivity index (χ3v) is 7.78. The zero-order chi connectivity index (χ0) is 27.8. The summed E-state index contributed by atoms with van der Waals surface area (Å²) in [6, 6.07) is 9.88. The molecule has 0 bridgehead atoms. The Morgan fingerprint density at radius 1 is 1.03 bits per heavy atom. The average Bonchev–Trinajstić information content (AvgIpc) is 2.79. The second-order valence-electron chi connectivity index (χ2n) is 9.36. The lowest BCUT2D eigenvalue weighted by Gasteiger charge is -2.30. The van der Waals surface area contributed by atoms with Gasteiger partial charge in [-0.05, 0) is 74.6 Å². The number of hydrogen-bond acceptors (Lipinski definition) is 4. The molecule has 0 aliphatic rings. The molecule has 2 amide bonds. The molecule has 0 heterocycles. The van der Waals surface area contributed by atoms with Crippen molar-refractivity contribution in [1.29, 1.82) is 0 Å². The molecule has 0 aliphatic carbocycles. The summed E-state index contributed by atoms with van der Waals surface area (Å²) in [4.78, 5) is 27.7. The van der Waals surface area contributed by atoms with Crippen LogP contribution in [0.3, 0.4) is 0 Å². The molecule has 0 aromatic heterocycles. The highest BCUT2D eigenvalue weighted by Gasteiger charge is 2.27. The molecule has 204 valence electrons. The third-order valence-electron chi connectivity index (χ3n) is 6.00. The summed E-state index contributed by atoms with van der Waals surface area (Å²) >= 11 is 12.4. The fourth-order valence-corrected chi connectivity index (χ4v) is 5.47. The fourth-order valence-electron chi connectivity index (χ4n) is 4.05. The number of nitrogens with zero attached hydrogens (tertiary/aromatic N) is 2. The fraction of sp³-hybridized carbons (Fsp3) is 0.481. The first-order valence-electron chi connectivity index (χ1n) is 12.4. The van der Waals surface area contributed by atoms with E-state index in [2.05, 4.69) is 5.32 Å². The highest BCUT2D eigenvalue weighted by atomic mass is 35.5. The Morgan fingerprint density at radius 2 is 1.68 bits per heavy atom. The van der Waals surface area contributed by atoms with Crippen LogP contribution in [0.15, 0.2) is 36.4 Å². The van der Waals surface area contributed by atoms with Crippen molar-refractivity contribution in [1.82, 2.24) is 10.2 Å². The summed E-state index contributed by atoms with van der Waals surface area (Å²) in [5, 5.41) is 3.76. The lowest BCUT2D eigenvalue weighted by molar-refractivity contribution is -0.140. The van der Waals surface area contributed by atoms with Gasteiger partial charge < -0.3 is 10.2 Å². The maximum atomic E-state index is 13.4. The van der Waals surface area contributed by atoms with E-state index in [1.54, 1.807) is 25.1 Å². The summed E-state index contributed by atoms with van der Waals surface area (Å²) in [6.07, 6.45) is 3.29.